The van der Waals surface area contributed by atoms with Crippen LogP contribution in [0.15, 0.2) is 71.6 Å². The van der Waals surface area contributed by atoms with Crippen LogP contribution in [0.1, 0.15) is 47.9 Å². The molecule has 3 aromatic rings. The van der Waals surface area contributed by atoms with Gasteiger partial charge >= 0.3 is 5.97 Å². The highest BCUT2D eigenvalue weighted by atomic mass is 32.2. The summed E-state index contributed by atoms with van der Waals surface area (Å²) in [7, 11) is -2.52. The van der Waals surface area contributed by atoms with Crippen LogP contribution in [-0.4, -0.2) is 34.1 Å². The number of hydrogen-bond donors (Lipinski definition) is 0. The van der Waals surface area contributed by atoms with Crippen LogP contribution in [0.5, 0.6) is 5.75 Å². The first-order chi connectivity index (χ1) is 17.8. The second kappa shape index (κ2) is 10.4. The topological polar surface area (TPSA) is 72.9 Å². The fourth-order valence-electron chi connectivity index (χ4n) is 5.09. The van der Waals surface area contributed by atoms with E-state index >= 15 is 0 Å². The first kappa shape index (κ1) is 25.1. The van der Waals surface area contributed by atoms with Crippen LogP contribution < -0.4 is 9.04 Å². The maximum Gasteiger partial charge on any atom is 0.305 e. The number of sulfonamides is 1. The van der Waals surface area contributed by atoms with E-state index < -0.39 is 16.1 Å². The average molecular weight is 518 g/mol. The largest absolute Gasteiger partial charge is 0.486 e. The number of anilines is 1. The second-order valence-corrected chi connectivity index (χ2v) is 11.5. The van der Waals surface area contributed by atoms with Crippen molar-refractivity contribution in [3.63, 3.8) is 0 Å². The number of hydrogen-bond acceptors (Lipinski definition) is 5. The molecule has 0 radical (unpaired) electrons. The van der Waals surface area contributed by atoms with E-state index in [9.17, 15) is 13.2 Å². The molecule has 1 aliphatic carbocycles. The number of benzene rings is 3. The number of fused-ring (bicyclic) bond motifs is 2. The molecule has 0 bridgehead atoms. The molecular weight excluding hydrogens is 486 g/mol. The monoisotopic (exact) mass is 517 g/mol. The van der Waals surface area contributed by atoms with Crippen molar-refractivity contribution in [3.05, 3.63) is 89.0 Å². The number of aryl methyl sites for hydroxylation is 2. The number of ether oxygens (including phenoxy) is 2. The van der Waals surface area contributed by atoms with E-state index in [1.165, 1.54) is 28.1 Å². The summed E-state index contributed by atoms with van der Waals surface area (Å²) < 4.78 is 40.1. The van der Waals surface area contributed by atoms with Crippen LogP contribution in [0.2, 0.25) is 0 Å². The highest BCUT2D eigenvalue weighted by molar-refractivity contribution is 7.92. The van der Waals surface area contributed by atoms with E-state index in [1.54, 1.807) is 18.2 Å². The van der Waals surface area contributed by atoms with Crippen molar-refractivity contribution >= 4 is 33.3 Å². The maximum atomic E-state index is 13.9. The molecule has 0 saturated carbocycles. The van der Waals surface area contributed by atoms with Crippen molar-refractivity contribution in [1.29, 1.82) is 0 Å². The lowest BCUT2D eigenvalue weighted by molar-refractivity contribution is -0.141. The van der Waals surface area contributed by atoms with Crippen molar-refractivity contribution in [2.45, 2.75) is 50.0 Å². The molecule has 3 aromatic carbocycles. The third-order valence-corrected chi connectivity index (χ3v) is 8.76. The highest BCUT2D eigenvalue weighted by Crippen LogP contribution is 2.40. The van der Waals surface area contributed by atoms with Crippen molar-refractivity contribution in [1.82, 2.24) is 0 Å². The lowest BCUT2D eigenvalue weighted by atomic mass is 9.86. The van der Waals surface area contributed by atoms with Gasteiger partial charge in [-0.05, 0) is 84.7 Å². The van der Waals surface area contributed by atoms with Crippen LogP contribution >= 0.6 is 0 Å². The van der Waals surface area contributed by atoms with Crippen molar-refractivity contribution < 1.29 is 22.7 Å². The van der Waals surface area contributed by atoms with Crippen molar-refractivity contribution in [2.24, 2.45) is 0 Å². The summed E-state index contributed by atoms with van der Waals surface area (Å²) in [5, 5.41) is 0. The molecule has 6 nitrogen and oxygen atoms in total. The SMILES string of the molecule is COC(=O)CC[C@H]1CN(S(=O)(=O)c2cccc(C)c2)c2cc(/C=C3\CCCc4ccccc43)ccc2O1. The molecule has 2 aliphatic rings. The van der Waals surface area contributed by atoms with Gasteiger partial charge in [-0.25, -0.2) is 8.42 Å². The summed E-state index contributed by atoms with van der Waals surface area (Å²) >= 11 is 0. The van der Waals surface area contributed by atoms with Gasteiger partial charge in [0, 0.05) is 6.42 Å². The van der Waals surface area contributed by atoms with Crippen LogP contribution in [0.4, 0.5) is 5.69 Å². The first-order valence-corrected chi connectivity index (χ1v) is 14.0. The first-order valence-electron chi connectivity index (χ1n) is 12.6. The van der Waals surface area contributed by atoms with Gasteiger partial charge < -0.3 is 9.47 Å². The summed E-state index contributed by atoms with van der Waals surface area (Å²) in [4.78, 5) is 12.0. The average Bonchev–Trinajstić information content (AvgIpc) is 2.91. The number of carbonyl (C=O) groups is 1. The van der Waals surface area contributed by atoms with Crippen LogP contribution in [0.25, 0.3) is 11.6 Å². The van der Waals surface area contributed by atoms with Gasteiger partial charge in [-0.1, -0.05) is 48.5 Å². The van der Waals surface area contributed by atoms with Gasteiger partial charge in [0.25, 0.3) is 10.0 Å². The Labute approximate surface area is 218 Å². The predicted octanol–water partition coefficient (Wildman–Crippen LogP) is 5.78. The number of nitrogens with zero attached hydrogens (tertiary/aromatic N) is 1. The normalized spacial score (nSPS) is 18.1. The Morgan fingerprint density at radius 2 is 1.92 bits per heavy atom. The molecule has 5 rings (SSSR count). The minimum Gasteiger partial charge on any atom is -0.486 e. The molecule has 1 aliphatic heterocycles. The fourth-order valence-corrected chi connectivity index (χ4v) is 6.69. The summed E-state index contributed by atoms with van der Waals surface area (Å²) in [6, 6.07) is 21.1. The number of methoxy groups -OCH3 is 1. The van der Waals surface area contributed by atoms with Gasteiger partial charge in [-0.15, -0.1) is 0 Å². The Hall–Kier alpha value is -3.58. The van der Waals surface area contributed by atoms with E-state index in [1.807, 2.05) is 31.2 Å². The van der Waals surface area contributed by atoms with E-state index in [0.717, 1.165) is 30.4 Å². The van der Waals surface area contributed by atoms with Gasteiger partial charge in [-0.3, -0.25) is 9.10 Å². The Morgan fingerprint density at radius 1 is 1.08 bits per heavy atom. The fraction of sp³-hybridized carbons (Fsp3) is 0.300. The van der Waals surface area contributed by atoms with Crippen molar-refractivity contribution in [2.75, 3.05) is 18.0 Å². The summed E-state index contributed by atoms with van der Waals surface area (Å²) in [5.41, 5.74) is 6.16. The summed E-state index contributed by atoms with van der Waals surface area (Å²) in [6.45, 7) is 1.99. The van der Waals surface area contributed by atoms with Gasteiger partial charge in [0.05, 0.1) is 24.2 Å². The van der Waals surface area contributed by atoms with Crippen LogP contribution in [0.3, 0.4) is 0 Å². The van der Waals surface area contributed by atoms with E-state index in [4.69, 9.17) is 9.47 Å². The Morgan fingerprint density at radius 3 is 2.73 bits per heavy atom. The Bertz CT molecular complexity index is 1460. The molecule has 0 spiro atoms. The third kappa shape index (κ3) is 5.27. The minimum absolute atomic E-state index is 0.114. The van der Waals surface area contributed by atoms with E-state index in [0.29, 0.717) is 17.9 Å². The molecule has 0 amide bonds. The van der Waals surface area contributed by atoms with Gasteiger partial charge in [0.1, 0.15) is 11.9 Å². The quantitative estimate of drug-likeness (QED) is 0.388. The van der Waals surface area contributed by atoms with E-state index in [-0.39, 0.29) is 23.8 Å². The molecule has 0 saturated heterocycles. The molecule has 0 fully saturated rings. The highest BCUT2D eigenvalue weighted by Gasteiger charge is 2.35. The van der Waals surface area contributed by atoms with Crippen molar-refractivity contribution in [3.8, 4) is 5.75 Å². The zero-order chi connectivity index (χ0) is 26.0. The Balaban J connectivity index is 1.54. The number of carbonyl (C=O) groups excluding carboxylic acids is 1. The number of esters is 1. The minimum atomic E-state index is -3.86. The maximum absolute atomic E-state index is 13.9. The summed E-state index contributed by atoms with van der Waals surface area (Å²) in [5.74, 6) is 0.140. The van der Waals surface area contributed by atoms with Gasteiger partial charge in [-0.2, -0.15) is 0 Å². The van der Waals surface area contributed by atoms with E-state index in [2.05, 4.69) is 30.3 Å². The molecule has 37 heavy (non-hydrogen) atoms. The summed E-state index contributed by atoms with van der Waals surface area (Å²) in [6.07, 6.45) is 5.33. The predicted molar refractivity (Wildman–Crippen MR) is 145 cm³/mol. The number of allylic oxidation sites excluding steroid dienone is 1. The van der Waals surface area contributed by atoms with Gasteiger partial charge in [0.15, 0.2) is 0 Å². The molecule has 0 N–H and O–H groups in total. The zero-order valence-corrected chi connectivity index (χ0v) is 22.0. The van der Waals surface area contributed by atoms with Gasteiger partial charge in [0.2, 0.25) is 0 Å². The number of rotatable bonds is 6. The molecule has 1 atom stereocenters. The zero-order valence-electron chi connectivity index (χ0n) is 21.1. The molecule has 0 unspecified atom stereocenters. The molecule has 0 aromatic heterocycles. The third-order valence-electron chi connectivity index (χ3n) is 6.99. The lowest BCUT2D eigenvalue weighted by Gasteiger charge is -2.35. The molecular formula is C30H31NO5S. The lowest BCUT2D eigenvalue weighted by Crippen LogP contribution is -2.43. The smallest absolute Gasteiger partial charge is 0.305 e. The second-order valence-electron chi connectivity index (χ2n) is 9.61. The standard InChI is InChI=1S/C30H31NO5S/c1-21-7-5-11-26(17-21)37(33,34)31-20-25(14-16-30(32)35-2)36-29-15-13-22(19-28(29)31)18-24-10-6-9-23-8-3-4-12-27(23)24/h3-5,7-8,11-13,15,17-19,25H,6,9-10,14,16,20H2,1-2H3/b24-18+/t25-/m0/s1. The Kier molecular flexibility index (Phi) is 7.07. The molecule has 1 heterocycles. The molecule has 7 heteroatoms. The van der Waals surface area contributed by atoms with Crippen LogP contribution in [0, 0.1) is 6.92 Å². The molecule has 192 valence electrons. The van der Waals surface area contributed by atoms with Crippen LogP contribution in [-0.2, 0) is 26.0 Å².